The first-order chi connectivity index (χ1) is 27.8. The van der Waals surface area contributed by atoms with E-state index in [1.165, 1.54) is 18.5 Å². The molecule has 4 fully saturated rings. The molecule has 7 heterocycles. The van der Waals surface area contributed by atoms with Gasteiger partial charge in [-0.05, 0) is 62.8 Å². The number of halogens is 4. The number of likely N-dealkylation sites (tertiary alicyclic amines) is 1. The predicted octanol–water partition coefficient (Wildman–Crippen LogP) is 7.30. The Balaban J connectivity index is 1.16. The zero-order valence-corrected chi connectivity index (χ0v) is 33.5. The average Bonchev–Trinajstić information content (AvgIpc) is 3.96. The molecule has 13 nitrogen and oxygen atoms in total. The second kappa shape index (κ2) is 14.0. The van der Waals surface area contributed by atoms with Crippen LogP contribution >= 0.6 is 22.9 Å². The number of nitriles is 2. The molecule has 2 aromatic carbocycles. The summed E-state index contributed by atoms with van der Waals surface area (Å²) in [7, 11) is 0. The molecule has 3 aromatic heterocycles. The smallest absolute Gasteiger partial charge is 0.346 e. The van der Waals surface area contributed by atoms with Crippen molar-refractivity contribution in [1.29, 1.82) is 10.5 Å². The van der Waals surface area contributed by atoms with Gasteiger partial charge in [0.15, 0.2) is 5.82 Å². The van der Waals surface area contributed by atoms with Gasteiger partial charge in [-0.2, -0.15) is 25.2 Å². The minimum Gasteiger partial charge on any atom is -0.461 e. The summed E-state index contributed by atoms with van der Waals surface area (Å²) < 4.78 is 54.9. The van der Waals surface area contributed by atoms with E-state index < -0.39 is 23.3 Å². The van der Waals surface area contributed by atoms with Crippen LogP contribution in [-0.2, 0) is 0 Å². The summed E-state index contributed by atoms with van der Waals surface area (Å²) >= 11 is 7.91. The monoisotopic (exact) mass is 829 g/mol. The quantitative estimate of drug-likeness (QED) is 0.183. The average molecular weight is 830 g/mol. The third-order valence-electron chi connectivity index (χ3n) is 12.7. The molecule has 4 aliphatic heterocycles. The van der Waals surface area contributed by atoms with Crippen LogP contribution in [0.3, 0.4) is 0 Å². The SMILES string of the molecule is CC(C)[C@H]1N(C(=O)n2cnc(C#N)n2)C[C@]12CC[C@H](C)N(c1nc(OC[C@@]34CCCN3C[C@H](F)C4)nc3c(F)c(-c4ccc(F)c5sc(N)c(C#N)c45)c(Cl)cc13)C2. The van der Waals surface area contributed by atoms with E-state index in [0.29, 0.717) is 37.3 Å². The third-order valence-corrected chi connectivity index (χ3v) is 14.1. The predicted molar refractivity (Wildman–Crippen MR) is 212 cm³/mol. The lowest BCUT2D eigenvalue weighted by molar-refractivity contribution is -0.0773. The fourth-order valence-corrected chi connectivity index (χ4v) is 11.5. The van der Waals surface area contributed by atoms with Gasteiger partial charge in [0.25, 0.3) is 5.82 Å². The normalized spacial score (nSPS) is 25.7. The minimum atomic E-state index is -0.984. The van der Waals surface area contributed by atoms with Gasteiger partial charge in [0.05, 0.1) is 20.8 Å². The highest BCUT2D eigenvalue weighted by Gasteiger charge is 2.58. The minimum absolute atomic E-state index is 0.00469. The van der Waals surface area contributed by atoms with E-state index in [2.05, 4.69) is 45.6 Å². The number of ether oxygens (including phenoxy) is 1. The lowest BCUT2D eigenvalue weighted by Crippen LogP contribution is -2.73. The number of carbonyl (C=O) groups is 1. The van der Waals surface area contributed by atoms with E-state index in [1.54, 1.807) is 11.0 Å². The standard InChI is InChI=1S/C40H39ClF3N11O2S/c1-20(2)34-39(17-54(34)38(56)55-19-48-28(14-46)51-55)9-7-21(3)53(16-39)36-24-11-26(41)30(23-5-6-27(43)33-29(23)25(13-45)35(47)58-33)31(44)32(24)49-37(50-36)57-18-40-8-4-10-52(40)15-22(42)12-40/h5-6,11,19-22,34H,4,7-10,12,15-18,47H2,1-3H3/t21-,22+,34+,39+,40-/m0/s1. The number of carbonyl (C=O) groups excluding carboxylic acids is 1. The molecule has 2 N–H and O–H groups in total. The number of alkyl halides is 1. The lowest BCUT2D eigenvalue weighted by atomic mass is 9.62. The number of fused-ring (bicyclic) bond motifs is 3. The number of anilines is 2. The van der Waals surface area contributed by atoms with Gasteiger partial charge >= 0.3 is 12.0 Å². The largest absolute Gasteiger partial charge is 0.461 e. The van der Waals surface area contributed by atoms with E-state index in [1.807, 2.05) is 12.1 Å². The van der Waals surface area contributed by atoms with E-state index >= 15 is 8.78 Å². The van der Waals surface area contributed by atoms with E-state index in [-0.39, 0.29) is 90.2 Å². The molecule has 58 heavy (non-hydrogen) atoms. The number of amides is 1. The highest BCUT2D eigenvalue weighted by atomic mass is 35.5. The molecule has 4 saturated heterocycles. The Morgan fingerprint density at radius 1 is 1.19 bits per heavy atom. The van der Waals surface area contributed by atoms with Crippen molar-refractivity contribution in [3.8, 4) is 29.3 Å². The number of thiophene rings is 1. The van der Waals surface area contributed by atoms with Crippen LogP contribution < -0.4 is 15.4 Å². The number of piperidine rings is 1. The third kappa shape index (κ3) is 5.84. The molecular weight excluding hydrogens is 791 g/mol. The van der Waals surface area contributed by atoms with Gasteiger partial charge < -0.3 is 20.3 Å². The summed E-state index contributed by atoms with van der Waals surface area (Å²) in [6.07, 6.45) is 3.76. The fourth-order valence-electron chi connectivity index (χ4n) is 10.3. The van der Waals surface area contributed by atoms with Crippen LogP contribution in [0, 0.1) is 45.6 Å². The molecule has 0 radical (unpaired) electrons. The highest BCUT2D eigenvalue weighted by Crippen LogP contribution is 2.52. The van der Waals surface area contributed by atoms with Gasteiger partial charge in [-0.1, -0.05) is 31.5 Å². The van der Waals surface area contributed by atoms with Gasteiger partial charge in [-0.15, -0.1) is 16.4 Å². The van der Waals surface area contributed by atoms with Crippen molar-refractivity contribution in [3.63, 3.8) is 0 Å². The summed E-state index contributed by atoms with van der Waals surface area (Å²) in [6, 6.07) is 7.31. The Morgan fingerprint density at radius 2 is 2.00 bits per heavy atom. The lowest BCUT2D eigenvalue weighted by Gasteiger charge is -2.63. The second-order valence-corrected chi connectivity index (χ2v) is 18.0. The first kappa shape index (κ1) is 38.3. The molecule has 300 valence electrons. The maximum absolute atomic E-state index is 17.5. The van der Waals surface area contributed by atoms with Crippen LogP contribution in [-0.4, -0.2) is 97.1 Å². The number of nitrogens with two attached hydrogens (primary N) is 1. The number of rotatable bonds is 6. The first-order valence-electron chi connectivity index (χ1n) is 19.3. The molecule has 5 aromatic rings. The number of nitrogens with zero attached hydrogens (tertiary/aromatic N) is 10. The molecule has 0 bridgehead atoms. The van der Waals surface area contributed by atoms with Crippen molar-refractivity contribution >= 4 is 60.8 Å². The van der Waals surface area contributed by atoms with Gasteiger partial charge in [-0.3, -0.25) is 4.90 Å². The van der Waals surface area contributed by atoms with Gasteiger partial charge in [0, 0.05) is 59.9 Å². The summed E-state index contributed by atoms with van der Waals surface area (Å²) in [5, 5.41) is 23.8. The van der Waals surface area contributed by atoms with Crippen molar-refractivity contribution < 1.29 is 22.7 Å². The maximum atomic E-state index is 17.5. The Labute approximate surface area is 340 Å². The van der Waals surface area contributed by atoms with Crippen LogP contribution in [0.5, 0.6) is 6.01 Å². The number of benzene rings is 2. The summed E-state index contributed by atoms with van der Waals surface area (Å²) in [5.74, 6) is -1.09. The van der Waals surface area contributed by atoms with Crippen LogP contribution in [0.2, 0.25) is 5.02 Å². The van der Waals surface area contributed by atoms with Crippen molar-refractivity contribution in [2.45, 2.75) is 76.7 Å². The molecule has 0 unspecified atom stereocenters. The Morgan fingerprint density at radius 3 is 2.74 bits per heavy atom. The molecule has 18 heteroatoms. The molecule has 1 spiro atoms. The summed E-state index contributed by atoms with van der Waals surface area (Å²) in [5.41, 5.74) is 5.26. The van der Waals surface area contributed by atoms with Crippen molar-refractivity contribution in [1.82, 2.24) is 34.5 Å². The van der Waals surface area contributed by atoms with Gasteiger partial charge in [0.1, 0.15) is 53.4 Å². The van der Waals surface area contributed by atoms with Crippen LogP contribution in [0.1, 0.15) is 64.3 Å². The molecule has 9 rings (SSSR count). The Kier molecular flexibility index (Phi) is 9.22. The summed E-state index contributed by atoms with van der Waals surface area (Å²) in [4.78, 5) is 33.2. The molecule has 0 aliphatic carbocycles. The first-order valence-corrected chi connectivity index (χ1v) is 20.5. The second-order valence-electron chi connectivity index (χ2n) is 16.5. The van der Waals surface area contributed by atoms with E-state index in [0.717, 1.165) is 48.2 Å². The zero-order valence-electron chi connectivity index (χ0n) is 32.0. The van der Waals surface area contributed by atoms with Crippen LogP contribution in [0.15, 0.2) is 24.5 Å². The molecular formula is C40H39ClF3N11O2S. The van der Waals surface area contributed by atoms with E-state index in [4.69, 9.17) is 27.1 Å². The molecule has 5 atom stereocenters. The van der Waals surface area contributed by atoms with Crippen LogP contribution in [0.25, 0.3) is 32.1 Å². The molecule has 0 saturated carbocycles. The van der Waals surface area contributed by atoms with Crippen molar-refractivity contribution in [3.05, 3.63) is 52.6 Å². The molecule has 1 amide bonds. The Hall–Kier alpha value is -5.23. The number of hydrogen-bond donors (Lipinski definition) is 1. The highest BCUT2D eigenvalue weighted by molar-refractivity contribution is 7.23. The van der Waals surface area contributed by atoms with Crippen molar-refractivity contribution in [2.24, 2.45) is 11.3 Å². The topological polar surface area (TPSA) is 166 Å². The number of aromatic nitrogens is 5. The molecule has 4 aliphatic rings. The van der Waals surface area contributed by atoms with E-state index in [9.17, 15) is 19.7 Å². The zero-order chi connectivity index (χ0) is 40.8. The fraction of sp³-hybridized carbons (Fsp3) is 0.475. The summed E-state index contributed by atoms with van der Waals surface area (Å²) in [6.45, 7) is 8.23. The maximum Gasteiger partial charge on any atom is 0.346 e. The van der Waals surface area contributed by atoms with Gasteiger partial charge in [-0.25, -0.2) is 22.9 Å². The van der Waals surface area contributed by atoms with Gasteiger partial charge in [0.2, 0.25) is 0 Å². The Bertz CT molecular complexity index is 2610. The number of hydrogen-bond acceptors (Lipinski definition) is 12. The van der Waals surface area contributed by atoms with Crippen molar-refractivity contribution in [2.75, 3.05) is 43.4 Å². The van der Waals surface area contributed by atoms with Crippen LogP contribution in [0.4, 0.5) is 28.8 Å². The number of nitrogen functional groups attached to an aromatic ring is 1.